The lowest BCUT2D eigenvalue weighted by Gasteiger charge is -2.32. The third-order valence-electron chi connectivity index (χ3n) is 4.77. The van der Waals surface area contributed by atoms with Gasteiger partial charge in [0.15, 0.2) is 11.5 Å². The number of amides is 2. The number of anilines is 1. The number of likely N-dealkylation sites (tertiary alicyclic amines) is 1. The fourth-order valence-corrected chi connectivity index (χ4v) is 3.10. The van der Waals surface area contributed by atoms with Crippen molar-refractivity contribution in [3.63, 3.8) is 0 Å². The minimum absolute atomic E-state index is 0.0116. The number of hydrogen-bond acceptors (Lipinski definition) is 5. The van der Waals surface area contributed by atoms with Crippen LogP contribution in [-0.4, -0.2) is 57.7 Å². The zero-order valence-corrected chi connectivity index (χ0v) is 16.2. The third-order valence-corrected chi connectivity index (χ3v) is 4.77. The lowest BCUT2D eigenvalue weighted by Crippen LogP contribution is -2.45. The van der Waals surface area contributed by atoms with E-state index in [2.05, 4.69) is 6.92 Å². The highest BCUT2D eigenvalue weighted by molar-refractivity contribution is 5.98. The molecule has 0 unspecified atom stereocenters. The van der Waals surface area contributed by atoms with Crippen molar-refractivity contribution in [1.82, 2.24) is 4.90 Å². The van der Waals surface area contributed by atoms with Gasteiger partial charge >= 0.3 is 0 Å². The minimum atomic E-state index is -0.224. The quantitative estimate of drug-likeness (QED) is 0.775. The number of carbonyl (C=O) groups excluding carboxylic acids is 2. The van der Waals surface area contributed by atoms with Crippen molar-refractivity contribution >= 4 is 17.5 Å². The Hall–Kier alpha value is -2.44. The number of nitrogens with zero attached hydrogens (tertiary/aromatic N) is 2. The molecule has 1 aromatic carbocycles. The Morgan fingerprint density at radius 1 is 1.08 bits per heavy atom. The van der Waals surface area contributed by atoms with Crippen molar-refractivity contribution < 1.29 is 23.8 Å². The number of hydrogen-bond donors (Lipinski definition) is 0. The summed E-state index contributed by atoms with van der Waals surface area (Å²) in [5, 5.41) is 0. The molecule has 2 rings (SSSR count). The first kappa shape index (κ1) is 19.9. The lowest BCUT2D eigenvalue weighted by atomic mass is 9.99. The molecule has 2 amide bonds. The van der Waals surface area contributed by atoms with Crippen LogP contribution in [0.15, 0.2) is 12.1 Å². The van der Waals surface area contributed by atoms with Crippen molar-refractivity contribution in [2.45, 2.75) is 26.7 Å². The molecule has 0 saturated carbocycles. The lowest BCUT2D eigenvalue weighted by molar-refractivity contribution is -0.132. The third kappa shape index (κ3) is 4.39. The van der Waals surface area contributed by atoms with Gasteiger partial charge in [0.05, 0.1) is 27.0 Å². The SMILES string of the molecule is COc1cc(N(CC(=O)N2CCC(C)CC2)C(C)=O)cc(OC)c1OC. The predicted octanol–water partition coefficient (Wildman–Crippen LogP) is 2.32. The maximum absolute atomic E-state index is 12.7. The van der Waals surface area contributed by atoms with Gasteiger partial charge < -0.3 is 24.0 Å². The normalized spacial score (nSPS) is 14.7. The first-order valence-corrected chi connectivity index (χ1v) is 8.77. The molecule has 26 heavy (non-hydrogen) atoms. The molecular formula is C19H28N2O5. The topological polar surface area (TPSA) is 68.3 Å². The highest BCUT2D eigenvalue weighted by Crippen LogP contribution is 2.41. The van der Waals surface area contributed by atoms with Gasteiger partial charge in [-0.25, -0.2) is 0 Å². The van der Waals surface area contributed by atoms with E-state index >= 15 is 0 Å². The molecule has 0 bridgehead atoms. The van der Waals surface area contributed by atoms with E-state index < -0.39 is 0 Å². The average Bonchev–Trinajstić information content (AvgIpc) is 2.64. The molecule has 0 aliphatic carbocycles. The molecule has 0 atom stereocenters. The molecule has 7 nitrogen and oxygen atoms in total. The molecule has 0 aromatic heterocycles. The van der Waals surface area contributed by atoms with Crippen LogP contribution >= 0.6 is 0 Å². The Bertz CT molecular complexity index is 628. The van der Waals surface area contributed by atoms with Crippen molar-refractivity contribution in [2.75, 3.05) is 45.9 Å². The van der Waals surface area contributed by atoms with E-state index in [0.717, 1.165) is 25.9 Å². The Kier molecular flexibility index (Phi) is 6.71. The molecule has 144 valence electrons. The molecule has 1 heterocycles. The van der Waals surface area contributed by atoms with Gasteiger partial charge in [-0.05, 0) is 18.8 Å². The van der Waals surface area contributed by atoms with E-state index in [1.165, 1.54) is 33.2 Å². The minimum Gasteiger partial charge on any atom is -0.493 e. The molecule has 0 N–H and O–H groups in total. The van der Waals surface area contributed by atoms with Crippen molar-refractivity contribution in [1.29, 1.82) is 0 Å². The molecule has 7 heteroatoms. The molecular weight excluding hydrogens is 336 g/mol. The maximum atomic E-state index is 12.7. The zero-order chi connectivity index (χ0) is 19.3. The summed E-state index contributed by atoms with van der Waals surface area (Å²) in [6.07, 6.45) is 1.99. The van der Waals surface area contributed by atoms with Crippen LogP contribution in [0, 0.1) is 5.92 Å². The van der Waals surface area contributed by atoms with Gasteiger partial charge in [-0.3, -0.25) is 9.59 Å². The van der Waals surface area contributed by atoms with Crippen molar-refractivity contribution in [3.8, 4) is 17.2 Å². The Morgan fingerprint density at radius 2 is 1.62 bits per heavy atom. The predicted molar refractivity (Wildman–Crippen MR) is 99.1 cm³/mol. The number of carbonyl (C=O) groups is 2. The van der Waals surface area contributed by atoms with Gasteiger partial charge in [0, 0.05) is 32.1 Å². The Morgan fingerprint density at radius 3 is 2.04 bits per heavy atom. The number of ether oxygens (including phenoxy) is 3. The van der Waals surface area contributed by atoms with Crippen LogP contribution < -0.4 is 19.1 Å². The summed E-state index contributed by atoms with van der Waals surface area (Å²) in [4.78, 5) is 28.1. The second kappa shape index (κ2) is 8.78. The zero-order valence-electron chi connectivity index (χ0n) is 16.2. The summed E-state index contributed by atoms with van der Waals surface area (Å²) in [5.41, 5.74) is 0.533. The number of methoxy groups -OCH3 is 3. The summed E-state index contributed by atoms with van der Waals surface area (Å²) < 4.78 is 16.0. The van der Waals surface area contributed by atoms with Gasteiger partial charge in [-0.2, -0.15) is 0 Å². The van der Waals surface area contributed by atoms with Crippen LogP contribution in [0.5, 0.6) is 17.2 Å². The molecule has 0 spiro atoms. The molecule has 0 radical (unpaired) electrons. The average molecular weight is 364 g/mol. The van der Waals surface area contributed by atoms with Crippen molar-refractivity contribution in [3.05, 3.63) is 12.1 Å². The molecule has 1 aromatic rings. The van der Waals surface area contributed by atoms with Crippen LogP contribution in [0.3, 0.4) is 0 Å². The first-order chi connectivity index (χ1) is 12.4. The summed E-state index contributed by atoms with van der Waals surface area (Å²) in [7, 11) is 4.54. The highest BCUT2D eigenvalue weighted by Gasteiger charge is 2.25. The first-order valence-electron chi connectivity index (χ1n) is 8.77. The van der Waals surface area contributed by atoms with E-state index in [0.29, 0.717) is 28.9 Å². The number of piperidine rings is 1. The fourth-order valence-electron chi connectivity index (χ4n) is 3.10. The second-order valence-electron chi connectivity index (χ2n) is 6.55. The largest absolute Gasteiger partial charge is 0.493 e. The van der Waals surface area contributed by atoms with Gasteiger partial charge in [0.2, 0.25) is 17.6 Å². The summed E-state index contributed by atoms with van der Waals surface area (Å²) in [6, 6.07) is 3.35. The fraction of sp³-hybridized carbons (Fsp3) is 0.579. The van der Waals surface area contributed by atoms with E-state index in [1.54, 1.807) is 12.1 Å². The number of benzene rings is 1. The summed E-state index contributed by atoms with van der Waals surface area (Å²) >= 11 is 0. The van der Waals surface area contributed by atoms with Crippen LogP contribution in [0.2, 0.25) is 0 Å². The molecule has 1 fully saturated rings. The number of rotatable bonds is 6. The van der Waals surface area contributed by atoms with E-state index in [4.69, 9.17) is 14.2 Å². The smallest absolute Gasteiger partial charge is 0.242 e. The molecule has 1 saturated heterocycles. The van der Waals surface area contributed by atoms with Gasteiger partial charge in [0.1, 0.15) is 6.54 Å². The second-order valence-corrected chi connectivity index (χ2v) is 6.55. The molecule has 1 aliphatic heterocycles. The van der Waals surface area contributed by atoms with Crippen LogP contribution in [0.4, 0.5) is 5.69 Å². The van der Waals surface area contributed by atoms with Crippen molar-refractivity contribution in [2.24, 2.45) is 5.92 Å². The highest BCUT2D eigenvalue weighted by atomic mass is 16.5. The summed E-state index contributed by atoms with van der Waals surface area (Å²) in [5.74, 6) is 1.68. The van der Waals surface area contributed by atoms with E-state index in [1.807, 2.05) is 4.90 Å². The van der Waals surface area contributed by atoms with E-state index in [9.17, 15) is 9.59 Å². The standard InChI is InChI=1S/C19H28N2O5/c1-13-6-8-20(9-7-13)18(23)12-21(14(2)22)15-10-16(24-3)19(26-5)17(11-15)25-4/h10-11,13H,6-9,12H2,1-5H3. The van der Waals surface area contributed by atoms with Gasteiger partial charge in [0.25, 0.3) is 0 Å². The Labute approximate surface area is 154 Å². The van der Waals surface area contributed by atoms with E-state index in [-0.39, 0.29) is 18.4 Å². The van der Waals surface area contributed by atoms with Gasteiger partial charge in [-0.15, -0.1) is 0 Å². The van der Waals surface area contributed by atoms with Crippen LogP contribution in [0.1, 0.15) is 26.7 Å². The van der Waals surface area contributed by atoms with Crippen LogP contribution in [-0.2, 0) is 9.59 Å². The summed E-state index contributed by atoms with van der Waals surface area (Å²) in [6.45, 7) is 5.10. The van der Waals surface area contributed by atoms with Gasteiger partial charge in [-0.1, -0.05) is 6.92 Å². The molecule has 1 aliphatic rings. The maximum Gasteiger partial charge on any atom is 0.242 e. The monoisotopic (exact) mass is 364 g/mol. The Balaban J connectivity index is 2.26. The van der Waals surface area contributed by atoms with Crippen LogP contribution in [0.25, 0.3) is 0 Å².